The van der Waals surface area contributed by atoms with Gasteiger partial charge in [-0.3, -0.25) is 15.0 Å². The topological polar surface area (TPSA) is 83.5 Å². The van der Waals surface area contributed by atoms with E-state index in [0.29, 0.717) is 23.6 Å². The summed E-state index contributed by atoms with van der Waals surface area (Å²) in [5.41, 5.74) is 3.97. The van der Waals surface area contributed by atoms with Gasteiger partial charge in [-0.1, -0.05) is 6.07 Å². The fourth-order valence-corrected chi connectivity index (χ4v) is 2.42. The van der Waals surface area contributed by atoms with Crippen LogP contribution in [0.3, 0.4) is 0 Å². The number of hydrogen-bond donors (Lipinski definition) is 3. The van der Waals surface area contributed by atoms with Gasteiger partial charge in [-0.2, -0.15) is 0 Å². The fourth-order valence-electron chi connectivity index (χ4n) is 2.42. The van der Waals surface area contributed by atoms with Crippen molar-refractivity contribution in [3.63, 3.8) is 0 Å². The molecule has 1 amide bonds. The molecule has 0 atom stereocenters. The van der Waals surface area contributed by atoms with E-state index >= 15 is 0 Å². The number of halogens is 1. The average Bonchev–Trinajstić information content (AvgIpc) is 2.74. The number of aromatic nitrogens is 1. The van der Waals surface area contributed by atoms with E-state index in [2.05, 4.69) is 10.3 Å². The molecule has 6 nitrogen and oxygen atoms in total. The Morgan fingerprint density at radius 2 is 2.00 bits per heavy atom. The van der Waals surface area contributed by atoms with Crippen LogP contribution >= 0.6 is 0 Å². The van der Waals surface area contributed by atoms with Gasteiger partial charge in [0.2, 0.25) is 0 Å². The van der Waals surface area contributed by atoms with Crippen molar-refractivity contribution < 1.29 is 19.1 Å². The third-order valence-corrected chi connectivity index (χ3v) is 3.80. The lowest BCUT2D eigenvalue weighted by molar-refractivity contribution is -0.124. The zero-order chi connectivity index (χ0) is 19.8. The van der Waals surface area contributed by atoms with Crippen LogP contribution in [-0.2, 0) is 11.3 Å². The Hall–Kier alpha value is -3.71. The molecule has 0 spiro atoms. The van der Waals surface area contributed by atoms with Crippen molar-refractivity contribution in [1.29, 1.82) is 0 Å². The van der Waals surface area contributed by atoms with Gasteiger partial charge in [0.1, 0.15) is 17.3 Å². The summed E-state index contributed by atoms with van der Waals surface area (Å²) >= 11 is 0. The van der Waals surface area contributed by atoms with Crippen LogP contribution in [-0.4, -0.2) is 16.1 Å². The number of rotatable bonds is 7. The van der Waals surface area contributed by atoms with Crippen molar-refractivity contribution in [3.8, 4) is 11.5 Å². The Morgan fingerprint density at radius 3 is 2.71 bits per heavy atom. The van der Waals surface area contributed by atoms with Crippen LogP contribution in [0.25, 0.3) is 6.08 Å². The number of benzene rings is 2. The summed E-state index contributed by atoms with van der Waals surface area (Å²) in [4.78, 5) is 15.4. The lowest BCUT2D eigenvalue weighted by Gasteiger charge is -2.12. The summed E-state index contributed by atoms with van der Waals surface area (Å²) in [5.74, 6) is -0.0947. The lowest BCUT2D eigenvalue weighted by atomic mass is 10.1. The lowest BCUT2D eigenvalue weighted by Crippen LogP contribution is -2.14. The molecule has 28 heavy (non-hydrogen) atoms. The van der Waals surface area contributed by atoms with E-state index in [1.165, 1.54) is 36.4 Å². The molecule has 3 rings (SSSR count). The highest BCUT2D eigenvalue weighted by atomic mass is 19.1. The van der Waals surface area contributed by atoms with E-state index in [1.807, 2.05) is 18.2 Å². The molecule has 7 heteroatoms. The first-order valence-electron chi connectivity index (χ1n) is 8.46. The highest BCUT2D eigenvalue weighted by Crippen LogP contribution is 2.29. The molecule has 0 aliphatic carbocycles. The van der Waals surface area contributed by atoms with Crippen LogP contribution in [0.2, 0.25) is 0 Å². The number of nitrogens with one attached hydrogen (secondary N) is 2. The van der Waals surface area contributed by atoms with Crippen molar-refractivity contribution in [3.05, 3.63) is 90.0 Å². The normalized spacial score (nSPS) is 10.6. The molecule has 1 heterocycles. The van der Waals surface area contributed by atoms with Gasteiger partial charge in [-0.15, -0.1) is 0 Å². The molecule has 0 saturated heterocycles. The van der Waals surface area contributed by atoms with Crippen molar-refractivity contribution in [2.45, 2.75) is 6.54 Å². The first kappa shape index (κ1) is 19.1. The van der Waals surface area contributed by atoms with Crippen molar-refractivity contribution in [2.24, 2.45) is 0 Å². The van der Waals surface area contributed by atoms with Gasteiger partial charge in [0.15, 0.2) is 0 Å². The van der Waals surface area contributed by atoms with Crippen molar-refractivity contribution >= 4 is 17.7 Å². The summed E-state index contributed by atoms with van der Waals surface area (Å²) in [6, 6.07) is 14.8. The smallest absolute Gasteiger partial charge is 0.267 e. The summed E-state index contributed by atoms with van der Waals surface area (Å²) < 4.78 is 18.9. The van der Waals surface area contributed by atoms with Crippen molar-refractivity contribution in [2.75, 3.05) is 5.32 Å². The molecular formula is C21H18FN3O3. The molecule has 0 fully saturated rings. The SMILES string of the molecule is O=C(/C=C/c1cc(NCc2cccnc2)ccc1Oc1ccc(F)cc1)NO. The third kappa shape index (κ3) is 5.39. The quantitative estimate of drug-likeness (QED) is 0.326. The van der Waals surface area contributed by atoms with Gasteiger partial charge < -0.3 is 10.1 Å². The number of pyridine rings is 1. The van der Waals surface area contributed by atoms with Gasteiger partial charge in [-0.05, 0) is 60.2 Å². The second kappa shape index (κ2) is 9.29. The largest absolute Gasteiger partial charge is 0.457 e. The number of ether oxygens (including phenoxy) is 1. The van der Waals surface area contributed by atoms with Gasteiger partial charge in [0.25, 0.3) is 5.91 Å². The van der Waals surface area contributed by atoms with Crippen LogP contribution in [0.4, 0.5) is 10.1 Å². The first-order valence-corrected chi connectivity index (χ1v) is 8.46. The minimum absolute atomic E-state index is 0.359. The third-order valence-electron chi connectivity index (χ3n) is 3.80. The van der Waals surface area contributed by atoms with E-state index in [1.54, 1.807) is 30.0 Å². The molecule has 1 aromatic heterocycles. The molecule has 0 bridgehead atoms. The molecular weight excluding hydrogens is 361 g/mol. The summed E-state index contributed by atoms with van der Waals surface area (Å²) in [6.45, 7) is 0.576. The molecule has 3 aromatic rings. The van der Waals surface area contributed by atoms with E-state index in [4.69, 9.17) is 9.94 Å². The maximum Gasteiger partial charge on any atom is 0.267 e. The molecule has 2 aromatic carbocycles. The minimum atomic E-state index is -0.665. The Bertz CT molecular complexity index is 960. The summed E-state index contributed by atoms with van der Waals surface area (Å²) in [6.07, 6.45) is 6.17. The number of anilines is 1. The first-order chi connectivity index (χ1) is 13.6. The zero-order valence-electron chi connectivity index (χ0n) is 14.8. The number of hydrogen-bond acceptors (Lipinski definition) is 5. The van der Waals surface area contributed by atoms with Gasteiger partial charge in [0, 0.05) is 36.3 Å². The van der Waals surface area contributed by atoms with E-state index in [9.17, 15) is 9.18 Å². The predicted octanol–water partition coefficient (Wildman–Crippen LogP) is 4.14. The second-order valence-corrected chi connectivity index (χ2v) is 5.83. The number of nitrogens with zero attached hydrogens (tertiary/aromatic N) is 1. The molecule has 3 N–H and O–H groups in total. The minimum Gasteiger partial charge on any atom is -0.457 e. The molecule has 0 unspecified atom stereocenters. The Labute approximate surface area is 161 Å². The number of amides is 1. The Morgan fingerprint density at radius 1 is 1.18 bits per heavy atom. The number of carbonyl (C=O) groups is 1. The van der Waals surface area contributed by atoms with Crippen LogP contribution in [0, 0.1) is 5.82 Å². The fraction of sp³-hybridized carbons (Fsp3) is 0.0476. The van der Waals surface area contributed by atoms with E-state index in [0.717, 1.165) is 11.3 Å². The molecule has 0 aliphatic rings. The predicted molar refractivity (Wildman–Crippen MR) is 103 cm³/mol. The number of carbonyl (C=O) groups excluding carboxylic acids is 1. The highest BCUT2D eigenvalue weighted by Gasteiger charge is 2.06. The molecule has 142 valence electrons. The summed E-state index contributed by atoms with van der Waals surface area (Å²) in [5, 5.41) is 11.9. The van der Waals surface area contributed by atoms with E-state index < -0.39 is 5.91 Å². The second-order valence-electron chi connectivity index (χ2n) is 5.83. The summed E-state index contributed by atoms with van der Waals surface area (Å²) in [7, 11) is 0. The maximum atomic E-state index is 13.1. The molecule has 0 radical (unpaired) electrons. The van der Waals surface area contributed by atoms with E-state index in [-0.39, 0.29) is 5.82 Å². The van der Waals surface area contributed by atoms with Gasteiger partial charge in [-0.25, -0.2) is 9.87 Å². The number of hydroxylamine groups is 1. The van der Waals surface area contributed by atoms with Gasteiger partial charge >= 0.3 is 0 Å². The maximum absolute atomic E-state index is 13.1. The Kier molecular flexibility index (Phi) is 6.33. The monoisotopic (exact) mass is 379 g/mol. The van der Waals surface area contributed by atoms with Crippen LogP contribution in [0.5, 0.6) is 11.5 Å². The molecule has 0 aliphatic heterocycles. The van der Waals surface area contributed by atoms with Gasteiger partial charge in [0.05, 0.1) is 0 Å². The Balaban J connectivity index is 1.82. The molecule has 0 saturated carbocycles. The van der Waals surface area contributed by atoms with Crippen LogP contribution < -0.4 is 15.5 Å². The standard InChI is InChI=1S/C21H18FN3O3/c22-17-4-7-19(8-5-17)28-20-9-6-18(12-16(20)3-10-21(26)25-27)24-14-15-2-1-11-23-13-15/h1-13,24,27H,14H2,(H,25,26)/b10-3+. The zero-order valence-corrected chi connectivity index (χ0v) is 14.8. The van der Waals surface area contributed by atoms with Crippen LogP contribution in [0.1, 0.15) is 11.1 Å². The average molecular weight is 379 g/mol. The highest BCUT2D eigenvalue weighted by molar-refractivity contribution is 5.91. The van der Waals surface area contributed by atoms with Crippen LogP contribution in [0.15, 0.2) is 73.1 Å². The van der Waals surface area contributed by atoms with Crippen molar-refractivity contribution in [1.82, 2.24) is 10.5 Å².